The molecular weight excluding hydrogens is 230 g/mol. The summed E-state index contributed by atoms with van der Waals surface area (Å²) in [6, 6.07) is 2.52. The number of aromatic nitrogens is 2. The molecule has 18 heavy (non-hydrogen) atoms. The maximum absolute atomic E-state index is 5.36. The van der Waals surface area contributed by atoms with Gasteiger partial charge in [-0.15, -0.1) is 0 Å². The lowest BCUT2D eigenvalue weighted by molar-refractivity contribution is 0.216. The van der Waals surface area contributed by atoms with Crippen molar-refractivity contribution >= 4 is 5.84 Å². The lowest BCUT2D eigenvalue weighted by atomic mass is 10.2. The summed E-state index contributed by atoms with van der Waals surface area (Å²) in [5, 5.41) is 8.07. The second kappa shape index (κ2) is 5.36. The van der Waals surface area contributed by atoms with E-state index in [1.165, 1.54) is 5.69 Å². The molecule has 0 radical (unpaired) electrons. The van der Waals surface area contributed by atoms with Gasteiger partial charge in [0.05, 0.1) is 5.69 Å². The van der Waals surface area contributed by atoms with Gasteiger partial charge in [-0.05, 0) is 26.3 Å². The minimum absolute atomic E-state index is 0.409. The van der Waals surface area contributed by atoms with E-state index in [2.05, 4.69) is 34.4 Å². The lowest BCUT2D eigenvalue weighted by Crippen LogP contribution is -2.32. The van der Waals surface area contributed by atoms with Crippen molar-refractivity contribution in [3.8, 4) is 0 Å². The van der Waals surface area contributed by atoms with Crippen LogP contribution in [0.1, 0.15) is 31.7 Å². The minimum atomic E-state index is 0.409. The van der Waals surface area contributed by atoms with Crippen LogP contribution in [-0.2, 0) is 13.1 Å². The minimum Gasteiger partial charge on any atom is -0.321 e. The van der Waals surface area contributed by atoms with E-state index in [4.69, 9.17) is 11.7 Å². The second-order valence-electron chi connectivity index (χ2n) is 4.78. The number of nitrogens with one attached hydrogen (secondary N) is 1. The number of fused-ring (bicyclic) bond motifs is 1. The Morgan fingerprint density at radius 1 is 1.50 bits per heavy atom. The van der Waals surface area contributed by atoms with Crippen LogP contribution in [-0.4, -0.2) is 33.1 Å². The fraction of sp³-hybridized carbons (Fsp3) is 0.636. The maximum Gasteiger partial charge on any atom is 0.187 e. The third kappa shape index (κ3) is 2.46. The van der Waals surface area contributed by atoms with Gasteiger partial charge in [0, 0.05) is 25.7 Å². The monoisotopic (exact) mass is 251 g/mol. The molecule has 100 valence electrons. The predicted molar refractivity (Wildman–Crippen MR) is 70.4 cm³/mol. The lowest BCUT2D eigenvalue weighted by Gasteiger charge is -2.23. The summed E-state index contributed by atoms with van der Waals surface area (Å²) in [6.45, 7) is 7.33. The van der Waals surface area contributed by atoms with Crippen molar-refractivity contribution in [3.63, 3.8) is 0 Å². The van der Waals surface area contributed by atoms with E-state index in [0.717, 1.165) is 26.1 Å². The summed E-state index contributed by atoms with van der Waals surface area (Å²) < 4.78 is 2.01. The summed E-state index contributed by atoms with van der Waals surface area (Å²) in [5.41, 5.74) is 4.33. The fourth-order valence-electron chi connectivity index (χ4n) is 2.22. The molecule has 0 bridgehead atoms. The van der Waals surface area contributed by atoms with Crippen LogP contribution >= 0.6 is 0 Å². The number of nitrogens with zero attached hydrogens (tertiary/aromatic N) is 4. The SMILES string of the molecule is CC(C)N1CCCn2nc(/C(=N/N)NN)cc2C1. The molecule has 0 spiro atoms. The number of aryl methyl sites for hydroxylation is 1. The van der Waals surface area contributed by atoms with Gasteiger partial charge in [-0.2, -0.15) is 10.2 Å². The van der Waals surface area contributed by atoms with E-state index in [1.54, 1.807) is 0 Å². The van der Waals surface area contributed by atoms with Gasteiger partial charge in [0.2, 0.25) is 0 Å². The quantitative estimate of drug-likeness (QED) is 0.287. The van der Waals surface area contributed by atoms with Crippen molar-refractivity contribution in [1.29, 1.82) is 0 Å². The van der Waals surface area contributed by atoms with Crippen LogP contribution in [0.5, 0.6) is 0 Å². The normalized spacial score (nSPS) is 17.7. The van der Waals surface area contributed by atoms with E-state index < -0.39 is 0 Å². The number of hydrogen-bond donors (Lipinski definition) is 3. The molecule has 1 aliphatic rings. The Labute approximate surface area is 107 Å². The molecule has 0 aliphatic carbocycles. The molecule has 0 amide bonds. The predicted octanol–water partition coefficient (Wildman–Crippen LogP) is -0.419. The Balaban J connectivity index is 2.26. The highest BCUT2D eigenvalue weighted by Crippen LogP contribution is 2.15. The third-order valence-corrected chi connectivity index (χ3v) is 3.28. The maximum atomic E-state index is 5.36. The third-order valence-electron chi connectivity index (χ3n) is 3.28. The average molecular weight is 251 g/mol. The molecule has 1 aromatic rings. The van der Waals surface area contributed by atoms with Crippen molar-refractivity contribution in [2.75, 3.05) is 6.54 Å². The summed E-state index contributed by atoms with van der Waals surface area (Å²) in [5.74, 6) is 11.0. The summed E-state index contributed by atoms with van der Waals surface area (Å²) >= 11 is 0. The van der Waals surface area contributed by atoms with Gasteiger partial charge in [0.25, 0.3) is 0 Å². The first-order valence-corrected chi connectivity index (χ1v) is 6.21. The van der Waals surface area contributed by atoms with E-state index in [1.807, 2.05) is 10.7 Å². The van der Waals surface area contributed by atoms with Crippen molar-refractivity contribution in [2.24, 2.45) is 16.8 Å². The van der Waals surface area contributed by atoms with Crippen molar-refractivity contribution in [2.45, 2.75) is 39.4 Å². The number of nitrogens with two attached hydrogens (primary N) is 2. The largest absolute Gasteiger partial charge is 0.321 e. The Morgan fingerprint density at radius 2 is 2.28 bits per heavy atom. The molecule has 7 heteroatoms. The summed E-state index contributed by atoms with van der Waals surface area (Å²) in [7, 11) is 0. The number of hydrazine groups is 1. The highest BCUT2D eigenvalue weighted by Gasteiger charge is 2.19. The highest BCUT2D eigenvalue weighted by atomic mass is 15.4. The molecule has 0 saturated carbocycles. The molecule has 2 heterocycles. The van der Waals surface area contributed by atoms with Crippen LogP contribution in [0.3, 0.4) is 0 Å². The Morgan fingerprint density at radius 3 is 2.89 bits per heavy atom. The zero-order valence-electron chi connectivity index (χ0n) is 10.9. The van der Waals surface area contributed by atoms with Gasteiger partial charge in [0.1, 0.15) is 5.69 Å². The van der Waals surface area contributed by atoms with Crippen LogP contribution in [0.25, 0.3) is 0 Å². The highest BCUT2D eigenvalue weighted by molar-refractivity contribution is 5.96. The number of rotatable bonds is 2. The van der Waals surface area contributed by atoms with E-state index in [0.29, 0.717) is 17.6 Å². The standard InChI is InChI=1S/C11H21N7/c1-8(2)17-4-3-5-18-9(7-17)6-10(16-18)11(14-12)15-13/h6,8H,3-5,7,12-13H2,1-2H3,(H,14,15). The van der Waals surface area contributed by atoms with Crippen LogP contribution in [0, 0.1) is 0 Å². The van der Waals surface area contributed by atoms with E-state index in [9.17, 15) is 0 Å². The van der Waals surface area contributed by atoms with Gasteiger partial charge in [0.15, 0.2) is 5.84 Å². The zero-order valence-corrected chi connectivity index (χ0v) is 10.9. The molecule has 0 saturated heterocycles. The van der Waals surface area contributed by atoms with Crippen LogP contribution in [0.2, 0.25) is 0 Å². The Bertz CT molecular complexity index is 435. The van der Waals surface area contributed by atoms with E-state index >= 15 is 0 Å². The number of hydrogen-bond acceptors (Lipinski definition) is 5. The van der Waals surface area contributed by atoms with Gasteiger partial charge in [-0.25, -0.2) is 5.84 Å². The van der Waals surface area contributed by atoms with Crippen LogP contribution in [0.4, 0.5) is 0 Å². The molecule has 1 aromatic heterocycles. The molecule has 7 nitrogen and oxygen atoms in total. The van der Waals surface area contributed by atoms with Gasteiger partial charge < -0.3 is 11.3 Å². The topological polar surface area (TPSA) is 97.5 Å². The first-order chi connectivity index (χ1) is 8.65. The molecule has 2 rings (SSSR count). The Hall–Kier alpha value is -1.60. The number of hydrazone groups is 1. The molecule has 0 aromatic carbocycles. The molecule has 5 N–H and O–H groups in total. The number of amidine groups is 1. The van der Waals surface area contributed by atoms with Gasteiger partial charge in [-0.3, -0.25) is 9.58 Å². The summed E-state index contributed by atoms with van der Waals surface area (Å²) in [6.07, 6.45) is 1.09. The Kier molecular flexibility index (Phi) is 3.83. The van der Waals surface area contributed by atoms with Crippen LogP contribution in [0.15, 0.2) is 11.2 Å². The van der Waals surface area contributed by atoms with E-state index in [-0.39, 0.29) is 0 Å². The smallest absolute Gasteiger partial charge is 0.187 e. The van der Waals surface area contributed by atoms with Crippen molar-refractivity contribution < 1.29 is 0 Å². The molecule has 0 atom stereocenters. The molecule has 1 aliphatic heterocycles. The summed E-state index contributed by atoms with van der Waals surface area (Å²) in [4.78, 5) is 2.43. The average Bonchev–Trinajstić information content (AvgIpc) is 2.62. The van der Waals surface area contributed by atoms with Gasteiger partial charge in [-0.1, -0.05) is 0 Å². The van der Waals surface area contributed by atoms with Gasteiger partial charge >= 0.3 is 0 Å². The second-order valence-corrected chi connectivity index (χ2v) is 4.78. The molecule has 0 fully saturated rings. The molecule has 0 unspecified atom stereocenters. The molecular formula is C11H21N7. The fourth-order valence-corrected chi connectivity index (χ4v) is 2.22. The zero-order chi connectivity index (χ0) is 13.1. The first kappa shape index (κ1) is 12.8. The van der Waals surface area contributed by atoms with Crippen molar-refractivity contribution in [3.05, 3.63) is 17.5 Å². The first-order valence-electron chi connectivity index (χ1n) is 6.21. The van der Waals surface area contributed by atoms with Crippen LogP contribution < -0.4 is 17.1 Å². The van der Waals surface area contributed by atoms with Crippen molar-refractivity contribution in [1.82, 2.24) is 20.1 Å².